The van der Waals surface area contributed by atoms with Gasteiger partial charge in [-0.25, -0.2) is 4.79 Å². The van der Waals surface area contributed by atoms with Gasteiger partial charge in [0.25, 0.3) is 0 Å². The minimum absolute atomic E-state index is 0.375. The third kappa shape index (κ3) is 4.11. The Labute approximate surface area is 177 Å². The lowest BCUT2D eigenvalue weighted by Crippen LogP contribution is -2.07. The summed E-state index contributed by atoms with van der Waals surface area (Å²) in [5.74, 6) is -0.894. The van der Waals surface area contributed by atoms with Gasteiger partial charge in [0, 0.05) is 11.1 Å². The van der Waals surface area contributed by atoms with Crippen LogP contribution in [0, 0.1) is 0 Å². The van der Waals surface area contributed by atoms with E-state index in [9.17, 15) is 9.90 Å². The first-order chi connectivity index (χ1) is 14.7. The Balaban J connectivity index is 1.83. The van der Waals surface area contributed by atoms with Gasteiger partial charge in [0.2, 0.25) is 0 Å². The molecule has 0 radical (unpaired) electrons. The maximum atomic E-state index is 12.3. The number of aromatic carboxylic acids is 1. The molecule has 1 heterocycles. The molecular weight excluding hydrogens is 370 g/mol. The number of carboxylic acid groups (broad SMARTS) is 1. The molecule has 30 heavy (non-hydrogen) atoms. The smallest absolute Gasteiger partial charge is 0.336 e. The average Bonchev–Trinajstić information content (AvgIpc) is 2.78. The third-order valence-corrected chi connectivity index (χ3v) is 5.47. The van der Waals surface area contributed by atoms with Gasteiger partial charge in [-0.05, 0) is 53.6 Å². The number of para-hydroxylation sites is 1. The van der Waals surface area contributed by atoms with Crippen LogP contribution in [0.4, 0.5) is 0 Å². The van der Waals surface area contributed by atoms with Crippen molar-refractivity contribution in [2.75, 3.05) is 0 Å². The molecule has 0 fully saturated rings. The largest absolute Gasteiger partial charge is 0.478 e. The van der Waals surface area contributed by atoms with Gasteiger partial charge in [-0.3, -0.25) is 4.98 Å². The first-order valence-corrected chi connectivity index (χ1v) is 10.5. The van der Waals surface area contributed by atoms with Crippen LogP contribution < -0.4 is 0 Å². The number of aromatic nitrogens is 1. The number of rotatable bonds is 7. The van der Waals surface area contributed by atoms with Crippen LogP contribution in [0.5, 0.6) is 0 Å². The summed E-state index contributed by atoms with van der Waals surface area (Å²) in [5, 5.41) is 11.1. The maximum absolute atomic E-state index is 12.3. The monoisotopic (exact) mass is 395 g/mol. The first-order valence-electron chi connectivity index (χ1n) is 10.5. The number of carbonyl (C=O) groups is 1. The van der Waals surface area contributed by atoms with Crippen molar-refractivity contribution in [1.29, 1.82) is 0 Å². The zero-order valence-electron chi connectivity index (χ0n) is 17.1. The fraction of sp³-hybridized carbons (Fsp3) is 0.185. The lowest BCUT2D eigenvalue weighted by molar-refractivity contribution is 0.0696. The van der Waals surface area contributed by atoms with E-state index in [0.717, 1.165) is 58.1 Å². The maximum Gasteiger partial charge on any atom is 0.336 e. The zero-order valence-corrected chi connectivity index (χ0v) is 17.1. The second-order valence-electron chi connectivity index (χ2n) is 7.58. The Kier molecular flexibility index (Phi) is 5.89. The molecule has 0 amide bonds. The van der Waals surface area contributed by atoms with Gasteiger partial charge in [0.1, 0.15) is 0 Å². The van der Waals surface area contributed by atoms with Crippen molar-refractivity contribution in [3.8, 4) is 11.1 Å². The van der Waals surface area contributed by atoms with Gasteiger partial charge in [0.05, 0.1) is 11.1 Å². The second-order valence-corrected chi connectivity index (χ2v) is 7.58. The molecule has 3 nitrogen and oxygen atoms in total. The summed E-state index contributed by atoms with van der Waals surface area (Å²) in [6, 6.07) is 25.8. The van der Waals surface area contributed by atoms with Gasteiger partial charge in [0.15, 0.2) is 0 Å². The summed E-state index contributed by atoms with van der Waals surface area (Å²) >= 11 is 0. The van der Waals surface area contributed by atoms with Crippen LogP contribution >= 0.6 is 0 Å². The molecule has 0 saturated carbocycles. The molecule has 0 bridgehead atoms. The summed E-state index contributed by atoms with van der Waals surface area (Å²) < 4.78 is 0. The highest BCUT2D eigenvalue weighted by molar-refractivity contribution is 5.98. The highest BCUT2D eigenvalue weighted by Gasteiger charge is 2.18. The van der Waals surface area contributed by atoms with Crippen molar-refractivity contribution in [3.05, 3.63) is 101 Å². The Hall–Kier alpha value is -3.46. The number of fused-ring (bicyclic) bond motifs is 1. The number of hydrogen-bond donors (Lipinski definition) is 1. The van der Waals surface area contributed by atoms with Gasteiger partial charge >= 0.3 is 5.97 Å². The molecule has 0 spiro atoms. The molecule has 3 aromatic carbocycles. The Morgan fingerprint density at radius 2 is 1.67 bits per heavy atom. The van der Waals surface area contributed by atoms with Gasteiger partial charge in [-0.2, -0.15) is 0 Å². The number of aryl methyl sites for hydroxylation is 1. The summed E-state index contributed by atoms with van der Waals surface area (Å²) in [6.45, 7) is 2.18. The second kappa shape index (κ2) is 8.91. The predicted molar refractivity (Wildman–Crippen MR) is 122 cm³/mol. The molecule has 4 rings (SSSR count). The number of carboxylic acids is 1. The molecule has 0 unspecified atom stereocenters. The van der Waals surface area contributed by atoms with E-state index in [1.165, 1.54) is 0 Å². The minimum atomic E-state index is -0.894. The molecule has 1 aromatic heterocycles. The van der Waals surface area contributed by atoms with Gasteiger partial charge in [-0.15, -0.1) is 0 Å². The lowest BCUT2D eigenvalue weighted by Gasteiger charge is -2.14. The van der Waals surface area contributed by atoms with Gasteiger partial charge in [-0.1, -0.05) is 80.1 Å². The lowest BCUT2D eigenvalue weighted by atomic mass is 9.91. The van der Waals surface area contributed by atoms with Crippen molar-refractivity contribution >= 4 is 16.9 Å². The van der Waals surface area contributed by atoms with Crippen LogP contribution in [0.25, 0.3) is 22.0 Å². The minimum Gasteiger partial charge on any atom is -0.478 e. The van der Waals surface area contributed by atoms with Crippen LogP contribution in [-0.4, -0.2) is 16.1 Å². The molecule has 0 atom stereocenters. The average molecular weight is 396 g/mol. The first kappa shape index (κ1) is 19.8. The Morgan fingerprint density at radius 1 is 0.900 bits per heavy atom. The van der Waals surface area contributed by atoms with Crippen LogP contribution in [-0.2, 0) is 12.8 Å². The van der Waals surface area contributed by atoms with E-state index in [-0.39, 0.29) is 0 Å². The summed E-state index contributed by atoms with van der Waals surface area (Å²) in [4.78, 5) is 17.1. The van der Waals surface area contributed by atoms with Gasteiger partial charge < -0.3 is 5.11 Å². The SMILES string of the molecule is CCCCc1cc(Cc2cccc(-c3ccccc3)c2C(=O)O)c2ccccc2n1. The zero-order chi connectivity index (χ0) is 20.9. The summed E-state index contributed by atoms with van der Waals surface area (Å²) in [6.07, 6.45) is 3.70. The van der Waals surface area contributed by atoms with E-state index >= 15 is 0 Å². The fourth-order valence-corrected chi connectivity index (χ4v) is 4.00. The van der Waals surface area contributed by atoms with E-state index in [2.05, 4.69) is 19.1 Å². The van der Waals surface area contributed by atoms with Crippen LogP contribution in [0.1, 0.15) is 46.9 Å². The summed E-state index contributed by atoms with van der Waals surface area (Å²) in [5.41, 5.74) is 6.03. The fourth-order valence-electron chi connectivity index (χ4n) is 4.00. The third-order valence-electron chi connectivity index (χ3n) is 5.47. The molecule has 0 aliphatic carbocycles. The Bertz CT molecular complexity index is 1180. The number of hydrogen-bond acceptors (Lipinski definition) is 2. The van der Waals surface area contributed by atoms with Crippen molar-refractivity contribution in [3.63, 3.8) is 0 Å². The van der Waals surface area contributed by atoms with Crippen LogP contribution in [0.15, 0.2) is 78.9 Å². The molecule has 3 heteroatoms. The molecular formula is C27H25NO2. The molecule has 4 aromatic rings. The van der Waals surface area contributed by atoms with E-state index in [4.69, 9.17) is 4.98 Å². The summed E-state index contributed by atoms with van der Waals surface area (Å²) in [7, 11) is 0. The molecule has 0 aliphatic rings. The quantitative estimate of drug-likeness (QED) is 0.387. The molecule has 0 saturated heterocycles. The normalized spacial score (nSPS) is 11.0. The van der Waals surface area contributed by atoms with E-state index < -0.39 is 5.97 Å². The standard InChI is InChI=1S/C27H25NO2/c1-2-3-13-22-18-21(23-14-7-8-16-25(23)28-22)17-20-12-9-15-24(26(20)27(29)30)19-10-5-4-6-11-19/h4-12,14-16,18H,2-3,13,17H2,1H3,(H,29,30). The predicted octanol–water partition coefficient (Wildman–Crippen LogP) is 6.53. The topological polar surface area (TPSA) is 50.2 Å². The molecule has 0 aliphatic heterocycles. The Morgan fingerprint density at radius 3 is 2.43 bits per heavy atom. The van der Waals surface area contributed by atoms with Crippen molar-refractivity contribution in [1.82, 2.24) is 4.98 Å². The number of nitrogens with zero attached hydrogens (tertiary/aromatic N) is 1. The number of unbranched alkanes of at least 4 members (excludes halogenated alkanes) is 1. The number of pyridine rings is 1. The van der Waals surface area contributed by atoms with Crippen LogP contribution in [0.3, 0.4) is 0 Å². The van der Waals surface area contributed by atoms with Crippen molar-refractivity contribution in [2.24, 2.45) is 0 Å². The molecule has 1 N–H and O–H groups in total. The van der Waals surface area contributed by atoms with Crippen molar-refractivity contribution in [2.45, 2.75) is 32.6 Å². The van der Waals surface area contributed by atoms with Crippen molar-refractivity contribution < 1.29 is 9.90 Å². The van der Waals surface area contributed by atoms with Crippen LogP contribution in [0.2, 0.25) is 0 Å². The van der Waals surface area contributed by atoms with E-state index in [1.54, 1.807) is 0 Å². The highest BCUT2D eigenvalue weighted by Crippen LogP contribution is 2.29. The number of benzene rings is 3. The van der Waals surface area contributed by atoms with E-state index in [0.29, 0.717) is 12.0 Å². The molecule has 150 valence electrons. The van der Waals surface area contributed by atoms with E-state index in [1.807, 2.05) is 66.7 Å². The highest BCUT2D eigenvalue weighted by atomic mass is 16.4.